The van der Waals surface area contributed by atoms with Gasteiger partial charge in [0, 0.05) is 17.9 Å². The highest BCUT2D eigenvalue weighted by Crippen LogP contribution is 2.19. The zero-order valence-corrected chi connectivity index (χ0v) is 18.1. The molecule has 3 aromatic rings. The van der Waals surface area contributed by atoms with Gasteiger partial charge in [-0.2, -0.15) is 0 Å². The van der Waals surface area contributed by atoms with Gasteiger partial charge in [-0.1, -0.05) is 36.0 Å². The van der Waals surface area contributed by atoms with Crippen LogP contribution in [0.4, 0.5) is 11.4 Å². The largest absolute Gasteiger partial charge is 0.326 e. The van der Waals surface area contributed by atoms with Crippen molar-refractivity contribution < 1.29 is 9.59 Å². The number of aryl methyl sites for hydroxylation is 2. The molecule has 1 heterocycles. The fourth-order valence-electron chi connectivity index (χ4n) is 2.89. The Bertz CT molecular complexity index is 1030. The van der Waals surface area contributed by atoms with E-state index in [1.54, 1.807) is 0 Å². The number of amides is 2. The van der Waals surface area contributed by atoms with Gasteiger partial charge in [0.05, 0.1) is 12.2 Å². The van der Waals surface area contributed by atoms with Gasteiger partial charge >= 0.3 is 0 Å². The SMILES string of the molecule is CCn1c(CC(=O)Nc2ccc(C)c(C)c2)nnc1SCC(=O)Nc1ccccc1. The molecule has 0 saturated carbocycles. The zero-order valence-electron chi connectivity index (χ0n) is 17.3. The molecule has 0 aliphatic rings. The van der Waals surface area contributed by atoms with Crippen molar-refractivity contribution in [2.45, 2.75) is 38.9 Å². The highest BCUT2D eigenvalue weighted by atomic mass is 32.2. The van der Waals surface area contributed by atoms with Crippen LogP contribution in [0.5, 0.6) is 0 Å². The molecule has 2 N–H and O–H groups in total. The molecule has 156 valence electrons. The number of thioether (sulfide) groups is 1. The van der Waals surface area contributed by atoms with E-state index in [9.17, 15) is 9.59 Å². The molecule has 0 aliphatic heterocycles. The average molecular weight is 424 g/mol. The van der Waals surface area contributed by atoms with Crippen molar-refractivity contribution in [2.75, 3.05) is 16.4 Å². The van der Waals surface area contributed by atoms with E-state index in [0.29, 0.717) is 17.5 Å². The molecule has 0 radical (unpaired) electrons. The maximum Gasteiger partial charge on any atom is 0.234 e. The minimum absolute atomic E-state index is 0.116. The van der Waals surface area contributed by atoms with Gasteiger partial charge in [0.1, 0.15) is 5.82 Å². The molecule has 30 heavy (non-hydrogen) atoms. The Morgan fingerprint density at radius 2 is 1.67 bits per heavy atom. The van der Waals surface area contributed by atoms with Gasteiger partial charge in [0.15, 0.2) is 5.16 Å². The number of anilines is 2. The Morgan fingerprint density at radius 3 is 2.37 bits per heavy atom. The number of nitrogens with zero attached hydrogens (tertiary/aromatic N) is 3. The fraction of sp³-hybridized carbons (Fsp3) is 0.273. The van der Waals surface area contributed by atoms with Crippen molar-refractivity contribution in [3.63, 3.8) is 0 Å². The molecule has 0 unspecified atom stereocenters. The van der Waals surface area contributed by atoms with Gasteiger partial charge in [-0.05, 0) is 56.2 Å². The van der Waals surface area contributed by atoms with E-state index < -0.39 is 0 Å². The Balaban J connectivity index is 1.58. The number of rotatable bonds is 8. The lowest BCUT2D eigenvalue weighted by Gasteiger charge is -2.09. The number of aromatic nitrogens is 3. The summed E-state index contributed by atoms with van der Waals surface area (Å²) in [7, 11) is 0. The normalized spacial score (nSPS) is 10.6. The molecule has 0 fully saturated rings. The van der Waals surface area contributed by atoms with Gasteiger partial charge in [-0.25, -0.2) is 0 Å². The second-order valence-corrected chi connectivity index (χ2v) is 7.81. The summed E-state index contributed by atoms with van der Waals surface area (Å²) in [5.41, 5.74) is 3.82. The van der Waals surface area contributed by atoms with Gasteiger partial charge < -0.3 is 15.2 Å². The predicted molar refractivity (Wildman–Crippen MR) is 120 cm³/mol. The Kier molecular flexibility index (Phi) is 7.24. The van der Waals surface area contributed by atoms with Gasteiger partial charge in [-0.15, -0.1) is 10.2 Å². The molecule has 2 amide bonds. The Labute approximate surface area is 180 Å². The van der Waals surface area contributed by atoms with Crippen molar-refractivity contribution >= 4 is 35.0 Å². The average Bonchev–Trinajstić information content (AvgIpc) is 3.11. The van der Waals surface area contributed by atoms with Crippen LogP contribution in [-0.2, 0) is 22.6 Å². The first-order valence-corrected chi connectivity index (χ1v) is 10.7. The highest BCUT2D eigenvalue weighted by molar-refractivity contribution is 7.99. The highest BCUT2D eigenvalue weighted by Gasteiger charge is 2.16. The lowest BCUT2D eigenvalue weighted by molar-refractivity contribution is -0.116. The first-order chi connectivity index (χ1) is 14.5. The number of para-hydroxylation sites is 1. The molecule has 0 aliphatic carbocycles. The van der Waals surface area contributed by atoms with Gasteiger partial charge in [0.25, 0.3) is 0 Å². The third-order valence-electron chi connectivity index (χ3n) is 4.61. The molecule has 0 saturated heterocycles. The second-order valence-electron chi connectivity index (χ2n) is 6.87. The van der Waals surface area contributed by atoms with E-state index in [2.05, 4.69) is 20.8 Å². The van der Waals surface area contributed by atoms with Crippen LogP contribution in [0.1, 0.15) is 23.9 Å². The number of hydrogen-bond acceptors (Lipinski definition) is 5. The van der Waals surface area contributed by atoms with Crippen LogP contribution in [0.3, 0.4) is 0 Å². The summed E-state index contributed by atoms with van der Waals surface area (Å²) < 4.78 is 1.86. The van der Waals surface area contributed by atoms with Crippen LogP contribution < -0.4 is 10.6 Å². The van der Waals surface area contributed by atoms with Crippen molar-refractivity contribution in [2.24, 2.45) is 0 Å². The zero-order chi connectivity index (χ0) is 21.5. The number of nitrogens with one attached hydrogen (secondary N) is 2. The van der Waals surface area contributed by atoms with E-state index in [1.165, 1.54) is 17.3 Å². The monoisotopic (exact) mass is 423 g/mol. The van der Waals surface area contributed by atoms with Crippen LogP contribution in [0.25, 0.3) is 0 Å². The molecule has 0 bridgehead atoms. The summed E-state index contributed by atoms with van der Waals surface area (Å²) in [6.07, 6.45) is 0.116. The lowest BCUT2D eigenvalue weighted by atomic mass is 10.1. The first-order valence-electron chi connectivity index (χ1n) is 9.73. The van der Waals surface area contributed by atoms with E-state index in [0.717, 1.165) is 16.9 Å². The van der Waals surface area contributed by atoms with Gasteiger partial charge in [0.2, 0.25) is 11.8 Å². The summed E-state index contributed by atoms with van der Waals surface area (Å²) >= 11 is 1.30. The summed E-state index contributed by atoms with van der Waals surface area (Å²) in [6.45, 7) is 6.62. The smallest absolute Gasteiger partial charge is 0.234 e. The van der Waals surface area contributed by atoms with Crippen molar-refractivity contribution in [1.29, 1.82) is 0 Å². The quantitative estimate of drug-likeness (QED) is 0.538. The van der Waals surface area contributed by atoms with Crippen molar-refractivity contribution in [1.82, 2.24) is 14.8 Å². The second kappa shape index (κ2) is 10.1. The molecule has 7 nitrogen and oxygen atoms in total. The van der Waals surface area contributed by atoms with Crippen molar-refractivity contribution in [3.8, 4) is 0 Å². The number of carbonyl (C=O) groups is 2. The summed E-state index contributed by atoms with van der Waals surface area (Å²) in [5, 5.41) is 14.7. The Morgan fingerprint density at radius 1 is 0.933 bits per heavy atom. The lowest BCUT2D eigenvalue weighted by Crippen LogP contribution is -2.18. The predicted octanol–water partition coefficient (Wildman–Crippen LogP) is 3.83. The molecular weight excluding hydrogens is 398 g/mol. The van der Waals surface area contributed by atoms with Gasteiger partial charge in [-0.3, -0.25) is 9.59 Å². The van der Waals surface area contributed by atoms with E-state index in [4.69, 9.17) is 0 Å². The molecular formula is C22H25N5O2S. The molecule has 3 rings (SSSR count). The van der Waals surface area contributed by atoms with E-state index in [1.807, 2.05) is 73.9 Å². The molecule has 1 aromatic heterocycles. The van der Waals surface area contributed by atoms with Crippen LogP contribution in [-0.4, -0.2) is 32.3 Å². The summed E-state index contributed by atoms with van der Waals surface area (Å²) in [6, 6.07) is 15.1. The number of benzene rings is 2. The minimum Gasteiger partial charge on any atom is -0.326 e. The maximum atomic E-state index is 12.5. The topological polar surface area (TPSA) is 88.9 Å². The Hall–Kier alpha value is -3.13. The van der Waals surface area contributed by atoms with Crippen LogP contribution >= 0.6 is 11.8 Å². The van der Waals surface area contributed by atoms with Crippen LogP contribution in [0, 0.1) is 13.8 Å². The standard InChI is InChI=1S/C22H25N5O2S/c1-4-27-19(13-20(28)24-18-11-10-15(2)16(3)12-18)25-26-22(27)30-14-21(29)23-17-8-6-5-7-9-17/h5-12H,4,13-14H2,1-3H3,(H,23,29)(H,24,28). The van der Waals surface area contributed by atoms with Crippen molar-refractivity contribution in [3.05, 3.63) is 65.5 Å². The first kappa shape index (κ1) is 21.6. The summed E-state index contributed by atoms with van der Waals surface area (Å²) in [4.78, 5) is 24.6. The molecule has 0 atom stereocenters. The number of hydrogen-bond donors (Lipinski definition) is 2. The number of carbonyl (C=O) groups excluding carboxylic acids is 2. The van der Waals surface area contributed by atoms with E-state index in [-0.39, 0.29) is 24.0 Å². The maximum absolute atomic E-state index is 12.5. The molecule has 0 spiro atoms. The molecule has 2 aromatic carbocycles. The third-order valence-corrected chi connectivity index (χ3v) is 5.58. The van der Waals surface area contributed by atoms with Crippen LogP contribution in [0.2, 0.25) is 0 Å². The molecule has 8 heteroatoms. The fourth-order valence-corrected chi connectivity index (χ4v) is 3.71. The third kappa shape index (κ3) is 5.70. The van der Waals surface area contributed by atoms with E-state index >= 15 is 0 Å². The minimum atomic E-state index is -0.154. The summed E-state index contributed by atoms with van der Waals surface area (Å²) in [5.74, 6) is 0.511. The van der Waals surface area contributed by atoms with Crippen LogP contribution in [0.15, 0.2) is 53.7 Å².